The molecule has 3 nitrogen and oxygen atoms in total. The van der Waals surface area contributed by atoms with Gasteiger partial charge in [0.2, 0.25) is 0 Å². The van der Waals surface area contributed by atoms with Crippen molar-refractivity contribution in [3.05, 3.63) is 64.6 Å². The Hall–Kier alpha value is -1.81. The van der Waals surface area contributed by atoms with E-state index in [0.29, 0.717) is 6.42 Å². The number of carbonyl (C=O) groups is 1. The van der Waals surface area contributed by atoms with Crippen LogP contribution >= 0.6 is 15.9 Å². The average Bonchev–Trinajstić information content (AvgIpc) is 2.42. The first-order chi connectivity index (χ1) is 9.49. The second-order valence-electron chi connectivity index (χ2n) is 4.93. The van der Waals surface area contributed by atoms with Crippen LogP contribution in [0.3, 0.4) is 0 Å². The number of para-hydroxylation sites is 1. The van der Waals surface area contributed by atoms with Crippen LogP contribution in [0.25, 0.3) is 0 Å². The number of anilines is 1. The molecule has 0 aliphatic carbocycles. The van der Waals surface area contributed by atoms with Crippen LogP contribution in [0.5, 0.6) is 0 Å². The van der Waals surface area contributed by atoms with Crippen molar-refractivity contribution in [1.29, 1.82) is 0 Å². The van der Waals surface area contributed by atoms with Crippen molar-refractivity contribution in [3.8, 4) is 0 Å². The molecule has 0 amide bonds. The molecule has 0 saturated carbocycles. The molecule has 20 heavy (non-hydrogen) atoms. The zero-order valence-electron chi connectivity index (χ0n) is 11.1. The molecule has 0 aromatic heterocycles. The highest BCUT2D eigenvalue weighted by atomic mass is 79.9. The van der Waals surface area contributed by atoms with Crippen LogP contribution < -0.4 is 5.32 Å². The molecular formula is C16H16BrNO2. The summed E-state index contributed by atoms with van der Waals surface area (Å²) in [6.07, 6.45) is 0.407. The van der Waals surface area contributed by atoms with Crippen molar-refractivity contribution in [3.63, 3.8) is 0 Å². The summed E-state index contributed by atoms with van der Waals surface area (Å²) < 4.78 is 0.981. The topological polar surface area (TPSA) is 49.3 Å². The van der Waals surface area contributed by atoms with E-state index < -0.39 is 11.5 Å². The Balaban J connectivity index is 2.21. The SMILES string of the molecule is CC(Cc1ccc(Br)cc1)(Nc1ccccc1)C(=O)O. The molecule has 0 aliphatic heterocycles. The minimum Gasteiger partial charge on any atom is -0.480 e. The smallest absolute Gasteiger partial charge is 0.329 e. The van der Waals surface area contributed by atoms with Crippen LogP contribution in [0.15, 0.2) is 59.1 Å². The van der Waals surface area contributed by atoms with Gasteiger partial charge in [0.15, 0.2) is 0 Å². The predicted molar refractivity (Wildman–Crippen MR) is 84.0 cm³/mol. The van der Waals surface area contributed by atoms with E-state index in [-0.39, 0.29) is 0 Å². The number of hydrogen-bond acceptors (Lipinski definition) is 2. The van der Waals surface area contributed by atoms with Gasteiger partial charge >= 0.3 is 5.97 Å². The molecule has 0 spiro atoms. The second kappa shape index (κ2) is 6.09. The van der Waals surface area contributed by atoms with Crippen molar-refractivity contribution in [2.75, 3.05) is 5.32 Å². The van der Waals surface area contributed by atoms with Gasteiger partial charge in [-0.05, 0) is 36.8 Å². The van der Waals surface area contributed by atoms with Crippen LogP contribution in [0.2, 0.25) is 0 Å². The number of halogens is 1. The Kier molecular flexibility index (Phi) is 4.45. The molecule has 1 unspecified atom stereocenters. The molecule has 2 rings (SSSR count). The summed E-state index contributed by atoms with van der Waals surface area (Å²) in [5, 5.41) is 12.6. The Morgan fingerprint density at radius 1 is 1.15 bits per heavy atom. The number of rotatable bonds is 5. The Bertz CT molecular complexity index is 583. The van der Waals surface area contributed by atoms with Gasteiger partial charge in [-0.15, -0.1) is 0 Å². The first-order valence-electron chi connectivity index (χ1n) is 6.31. The van der Waals surface area contributed by atoms with Crippen LogP contribution in [0, 0.1) is 0 Å². The molecule has 104 valence electrons. The van der Waals surface area contributed by atoms with E-state index in [1.54, 1.807) is 6.92 Å². The number of nitrogens with one attached hydrogen (secondary N) is 1. The zero-order valence-corrected chi connectivity index (χ0v) is 12.7. The Labute approximate surface area is 126 Å². The maximum absolute atomic E-state index is 11.6. The molecule has 2 N–H and O–H groups in total. The first kappa shape index (κ1) is 14.6. The lowest BCUT2D eigenvalue weighted by Gasteiger charge is -2.27. The molecule has 2 aromatic carbocycles. The number of carboxylic acids is 1. The quantitative estimate of drug-likeness (QED) is 0.871. The van der Waals surface area contributed by atoms with E-state index in [4.69, 9.17) is 0 Å². The molecule has 4 heteroatoms. The van der Waals surface area contributed by atoms with Gasteiger partial charge in [-0.3, -0.25) is 0 Å². The zero-order chi connectivity index (χ0) is 14.6. The number of hydrogen-bond donors (Lipinski definition) is 2. The maximum Gasteiger partial charge on any atom is 0.329 e. The van der Waals surface area contributed by atoms with E-state index in [1.165, 1.54) is 0 Å². The Morgan fingerprint density at radius 2 is 1.75 bits per heavy atom. The van der Waals surface area contributed by atoms with Gasteiger partial charge in [0.25, 0.3) is 0 Å². The molecule has 0 radical (unpaired) electrons. The van der Waals surface area contributed by atoms with Gasteiger partial charge in [0.05, 0.1) is 0 Å². The minimum absolute atomic E-state index is 0.407. The van der Waals surface area contributed by atoms with E-state index in [2.05, 4.69) is 21.2 Å². The van der Waals surface area contributed by atoms with Crippen LogP contribution in [-0.4, -0.2) is 16.6 Å². The summed E-state index contributed by atoms with van der Waals surface area (Å²) in [6, 6.07) is 17.1. The van der Waals surface area contributed by atoms with Gasteiger partial charge in [0, 0.05) is 16.6 Å². The second-order valence-corrected chi connectivity index (χ2v) is 5.85. The van der Waals surface area contributed by atoms with Gasteiger partial charge in [-0.1, -0.05) is 46.3 Å². The maximum atomic E-state index is 11.6. The Morgan fingerprint density at radius 3 is 2.30 bits per heavy atom. The summed E-state index contributed by atoms with van der Waals surface area (Å²) in [4.78, 5) is 11.6. The van der Waals surface area contributed by atoms with Crippen molar-refractivity contribution >= 4 is 27.6 Å². The largest absolute Gasteiger partial charge is 0.480 e. The summed E-state index contributed by atoms with van der Waals surface area (Å²) >= 11 is 3.38. The average molecular weight is 334 g/mol. The first-order valence-corrected chi connectivity index (χ1v) is 7.10. The standard InChI is InChI=1S/C16H16BrNO2/c1-16(15(19)20,18-14-5-3-2-4-6-14)11-12-7-9-13(17)10-8-12/h2-10,18H,11H2,1H3,(H,19,20). The van der Waals surface area contributed by atoms with Crippen molar-refractivity contribution in [1.82, 2.24) is 0 Å². The normalized spacial score (nSPS) is 13.5. The molecule has 0 aliphatic rings. The highest BCUT2D eigenvalue weighted by molar-refractivity contribution is 9.10. The van der Waals surface area contributed by atoms with Gasteiger partial charge in [0.1, 0.15) is 5.54 Å². The number of carboxylic acid groups (broad SMARTS) is 1. The molecule has 0 heterocycles. The van der Waals surface area contributed by atoms with Gasteiger partial charge in [-0.25, -0.2) is 4.79 Å². The molecule has 0 bridgehead atoms. The third-order valence-corrected chi connectivity index (χ3v) is 3.67. The lowest BCUT2D eigenvalue weighted by atomic mass is 9.92. The third-order valence-electron chi connectivity index (χ3n) is 3.14. The van der Waals surface area contributed by atoms with Crippen molar-refractivity contribution in [2.24, 2.45) is 0 Å². The summed E-state index contributed by atoms with van der Waals surface area (Å²) in [7, 11) is 0. The van der Waals surface area contributed by atoms with Crippen LogP contribution in [-0.2, 0) is 11.2 Å². The van der Waals surface area contributed by atoms with Crippen LogP contribution in [0.4, 0.5) is 5.69 Å². The molecular weight excluding hydrogens is 318 g/mol. The fourth-order valence-electron chi connectivity index (χ4n) is 2.02. The summed E-state index contributed by atoms with van der Waals surface area (Å²) in [5.74, 6) is -0.871. The summed E-state index contributed by atoms with van der Waals surface area (Å²) in [5.41, 5.74) is 0.728. The third kappa shape index (κ3) is 3.61. The highest BCUT2D eigenvalue weighted by Crippen LogP contribution is 2.21. The van der Waals surface area contributed by atoms with E-state index in [9.17, 15) is 9.90 Å². The highest BCUT2D eigenvalue weighted by Gasteiger charge is 2.33. The lowest BCUT2D eigenvalue weighted by molar-refractivity contribution is -0.141. The van der Waals surface area contributed by atoms with Crippen molar-refractivity contribution < 1.29 is 9.90 Å². The number of aliphatic carboxylic acids is 1. The van der Waals surface area contributed by atoms with E-state index >= 15 is 0 Å². The van der Waals surface area contributed by atoms with Crippen LogP contribution in [0.1, 0.15) is 12.5 Å². The van der Waals surface area contributed by atoms with E-state index in [1.807, 2.05) is 54.6 Å². The van der Waals surface area contributed by atoms with Gasteiger partial charge < -0.3 is 10.4 Å². The summed E-state index contributed by atoms with van der Waals surface area (Å²) in [6.45, 7) is 1.70. The predicted octanol–water partition coefficient (Wildman–Crippen LogP) is 3.95. The minimum atomic E-state index is -1.05. The fraction of sp³-hybridized carbons (Fsp3) is 0.188. The van der Waals surface area contributed by atoms with Crippen molar-refractivity contribution in [2.45, 2.75) is 18.9 Å². The molecule has 0 fully saturated rings. The monoisotopic (exact) mass is 333 g/mol. The molecule has 2 aromatic rings. The fourth-order valence-corrected chi connectivity index (χ4v) is 2.29. The molecule has 0 saturated heterocycles. The number of benzene rings is 2. The molecule has 1 atom stereocenters. The van der Waals surface area contributed by atoms with Gasteiger partial charge in [-0.2, -0.15) is 0 Å². The lowest BCUT2D eigenvalue weighted by Crippen LogP contribution is -2.45. The van der Waals surface area contributed by atoms with E-state index in [0.717, 1.165) is 15.7 Å².